The number of imidazole rings is 1. The van der Waals surface area contributed by atoms with Crippen molar-refractivity contribution in [1.82, 2.24) is 19.4 Å². The summed E-state index contributed by atoms with van der Waals surface area (Å²) >= 11 is 1.68. The molecule has 6 nitrogen and oxygen atoms in total. The zero-order valence-electron chi connectivity index (χ0n) is 17.7. The van der Waals surface area contributed by atoms with Crippen molar-refractivity contribution in [2.45, 2.75) is 51.1 Å². The highest BCUT2D eigenvalue weighted by molar-refractivity contribution is 7.09. The SMILES string of the molecule is O=C(Cn1c([C@@H]2CC(=O)N(Cc3cccs3)C2)nc2ccccc21)N1CCCCCC1. The van der Waals surface area contributed by atoms with E-state index in [1.54, 1.807) is 11.3 Å². The van der Waals surface area contributed by atoms with Crippen molar-refractivity contribution >= 4 is 34.2 Å². The Bertz CT molecular complexity index is 1070. The van der Waals surface area contributed by atoms with Crippen LogP contribution in [0.3, 0.4) is 0 Å². The summed E-state index contributed by atoms with van der Waals surface area (Å²) in [6.45, 7) is 3.29. The highest BCUT2D eigenvalue weighted by Crippen LogP contribution is 2.32. The Labute approximate surface area is 186 Å². The van der Waals surface area contributed by atoms with Gasteiger partial charge in [-0.3, -0.25) is 9.59 Å². The molecule has 7 heteroatoms. The molecule has 1 aromatic carbocycles. The fourth-order valence-corrected chi connectivity index (χ4v) is 5.54. The van der Waals surface area contributed by atoms with E-state index in [1.165, 1.54) is 17.7 Å². The minimum Gasteiger partial charge on any atom is -0.341 e. The quantitative estimate of drug-likeness (QED) is 0.607. The second-order valence-corrected chi connectivity index (χ2v) is 9.63. The van der Waals surface area contributed by atoms with E-state index >= 15 is 0 Å². The number of para-hydroxylation sites is 2. The zero-order chi connectivity index (χ0) is 21.2. The Morgan fingerprint density at radius 1 is 1.06 bits per heavy atom. The van der Waals surface area contributed by atoms with Crippen LogP contribution in [0.5, 0.6) is 0 Å². The van der Waals surface area contributed by atoms with Gasteiger partial charge in [-0.05, 0) is 36.4 Å². The molecule has 162 valence electrons. The summed E-state index contributed by atoms with van der Waals surface area (Å²) in [5.74, 6) is 1.20. The molecule has 31 heavy (non-hydrogen) atoms. The topological polar surface area (TPSA) is 58.4 Å². The van der Waals surface area contributed by atoms with Gasteiger partial charge in [-0.1, -0.05) is 31.0 Å². The fourth-order valence-electron chi connectivity index (χ4n) is 4.82. The van der Waals surface area contributed by atoms with Gasteiger partial charge in [0.2, 0.25) is 11.8 Å². The van der Waals surface area contributed by atoms with Crippen LogP contribution in [0.25, 0.3) is 11.0 Å². The summed E-state index contributed by atoms with van der Waals surface area (Å²) in [6, 6.07) is 12.1. The molecular weight excluding hydrogens is 408 g/mol. The van der Waals surface area contributed by atoms with Crippen molar-refractivity contribution < 1.29 is 9.59 Å². The maximum atomic E-state index is 13.2. The predicted molar refractivity (Wildman–Crippen MR) is 122 cm³/mol. The lowest BCUT2D eigenvalue weighted by Gasteiger charge is -2.22. The number of nitrogens with zero attached hydrogens (tertiary/aromatic N) is 4. The van der Waals surface area contributed by atoms with E-state index in [0.29, 0.717) is 26.1 Å². The largest absolute Gasteiger partial charge is 0.341 e. The van der Waals surface area contributed by atoms with Gasteiger partial charge in [0.1, 0.15) is 12.4 Å². The lowest BCUT2D eigenvalue weighted by atomic mass is 10.1. The number of thiophene rings is 1. The monoisotopic (exact) mass is 436 g/mol. The molecule has 0 radical (unpaired) electrons. The molecule has 2 aromatic heterocycles. The molecule has 4 heterocycles. The van der Waals surface area contributed by atoms with Gasteiger partial charge in [0.05, 0.1) is 17.6 Å². The van der Waals surface area contributed by atoms with Crippen LogP contribution in [0.2, 0.25) is 0 Å². The Morgan fingerprint density at radius 3 is 2.65 bits per heavy atom. The van der Waals surface area contributed by atoms with E-state index in [-0.39, 0.29) is 17.7 Å². The molecule has 0 spiro atoms. The summed E-state index contributed by atoms with van der Waals surface area (Å²) in [5, 5.41) is 2.04. The zero-order valence-corrected chi connectivity index (χ0v) is 18.5. The molecule has 2 amide bonds. The molecule has 0 N–H and O–H groups in total. The third-order valence-electron chi connectivity index (χ3n) is 6.44. The first-order chi connectivity index (χ1) is 15.2. The molecular formula is C24H28N4O2S. The standard InChI is InChI=1S/C24H28N4O2S/c29-22-14-18(15-27(22)16-19-8-7-13-31-19)24-25-20-9-3-4-10-21(20)28(24)17-23(30)26-11-5-1-2-6-12-26/h3-4,7-10,13,18H,1-2,5-6,11-12,14-17H2/t18-/m1/s1. The maximum absolute atomic E-state index is 13.2. The number of hydrogen-bond acceptors (Lipinski definition) is 4. The van der Waals surface area contributed by atoms with E-state index in [1.807, 2.05) is 45.5 Å². The number of carbonyl (C=O) groups excluding carboxylic acids is 2. The van der Waals surface area contributed by atoms with Gasteiger partial charge < -0.3 is 14.4 Å². The minimum absolute atomic E-state index is 0.0109. The molecule has 2 fully saturated rings. The fraction of sp³-hybridized carbons (Fsp3) is 0.458. The number of fused-ring (bicyclic) bond motifs is 1. The van der Waals surface area contributed by atoms with Crippen LogP contribution in [0.1, 0.15) is 48.7 Å². The van der Waals surface area contributed by atoms with Crippen LogP contribution in [0.4, 0.5) is 0 Å². The summed E-state index contributed by atoms with van der Waals surface area (Å²) < 4.78 is 2.06. The van der Waals surface area contributed by atoms with Gasteiger partial charge in [-0.15, -0.1) is 11.3 Å². The lowest BCUT2D eigenvalue weighted by molar-refractivity contribution is -0.131. The Kier molecular flexibility index (Phi) is 5.76. The third-order valence-corrected chi connectivity index (χ3v) is 7.30. The lowest BCUT2D eigenvalue weighted by Crippen LogP contribution is -2.35. The normalized spacial score (nSPS) is 19.9. The summed E-state index contributed by atoms with van der Waals surface area (Å²) in [6.07, 6.45) is 5.02. The summed E-state index contributed by atoms with van der Waals surface area (Å²) in [5.41, 5.74) is 1.87. The van der Waals surface area contributed by atoms with Crippen LogP contribution in [0.15, 0.2) is 41.8 Å². The van der Waals surface area contributed by atoms with Crippen LogP contribution >= 0.6 is 11.3 Å². The molecule has 0 unspecified atom stereocenters. The van der Waals surface area contributed by atoms with Crippen LogP contribution in [-0.4, -0.2) is 50.8 Å². The number of benzene rings is 1. The Morgan fingerprint density at radius 2 is 1.87 bits per heavy atom. The number of hydrogen-bond donors (Lipinski definition) is 0. The first-order valence-electron chi connectivity index (χ1n) is 11.2. The van der Waals surface area contributed by atoms with Gasteiger partial charge in [0.25, 0.3) is 0 Å². The molecule has 1 atom stereocenters. The van der Waals surface area contributed by atoms with E-state index < -0.39 is 0 Å². The maximum Gasteiger partial charge on any atom is 0.242 e. The second-order valence-electron chi connectivity index (χ2n) is 8.59. The third kappa shape index (κ3) is 4.24. The van der Waals surface area contributed by atoms with Crippen molar-refractivity contribution in [1.29, 1.82) is 0 Å². The molecule has 0 saturated carbocycles. The predicted octanol–water partition coefficient (Wildman–Crippen LogP) is 4.02. The van der Waals surface area contributed by atoms with Gasteiger partial charge >= 0.3 is 0 Å². The summed E-state index contributed by atoms with van der Waals surface area (Å²) in [4.78, 5) is 35.9. The molecule has 5 rings (SSSR count). The van der Waals surface area contributed by atoms with Gasteiger partial charge in [-0.2, -0.15) is 0 Å². The van der Waals surface area contributed by atoms with E-state index in [9.17, 15) is 9.59 Å². The molecule has 3 aromatic rings. The second kappa shape index (κ2) is 8.83. The molecule has 2 saturated heterocycles. The van der Waals surface area contributed by atoms with Gasteiger partial charge in [0.15, 0.2) is 0 Å². The molecule has 2 aliphatic rings. The summed E-state index contributed by atoms with van der Waals surface area (Å²) in [7, 11) is 0. The molecule has 0 bridgehead atoms. The average Bonchev–Trinajstić information content (AvgIpc) is 3.43. The van der Waals surface area contributed by atoms with Crippen molar-refractivity contribution in [3.63, 3.8) is 0 Å². The van der Waals surface area contributed by atoms with Crippen molar-refractivity contribution in [3.8, 4) is 0 Å². The minimum atomic E-state index is 0.0109. The highest BCUT2D eigenvalue weighted by atomic mass is 32.1. The van der Waals surface area contributed by atoms with Crippen molar-refractivity contribution in [2.24, 2.45) is 0 Å². The molecule has 2 aliphatic heterocycles. The van der Waals surface area contributed by atoms with E-state index in [2.05, 4.69) is 10.6 Å². The van der Waals surface area contributed by atoms with E-state index in [4.69, 9.17) is 4.98 Å². The van der Waals surface area contributed by atoms with Crippen LogP contribution in [-0.2, 0) is 22.7 Å². The average molecular weight is 437 g/mol. The smallest absolute Gasteiger partial charge is 0.242 e. The van der Waals surface area contributed by atoms with Gasteiger partial charge in [0, 0.05) is 36.9 Å². The van der Waals surface area contributed by atoms with Gasteiger partial charge in [-0.25, -0.2) is 4.98 Å². The number of amides is 2. The highest BCUT2D eigenvalue weighted by Gasteiger charge is 2.34. The number of carbonyl (C=O) groups is 2. The number of rotatable bonds is 5. The number of aromatic nitrogens is 2. The van der Waals surface area contributed by atoms with Crippen LogP contribution in [0, 0.1) is 0 Å². The van der Waals surface area contributed by atoms with Crippen molar-refractivity contribution in [3.05, 3.63) is 52.5 Å². The Balaban J connectivity index is 1.41. The number of likely N-dealkylation sites (tertiary alicyclic amines) is 2. The van der Waals surface area contributed by atoms with Crippen molar-refractivity contribution in [2.75, 3.05) is 19.6 Å². The van der Waals surface area contributed by atoms with Crippen LogP contribution < -0.4 is 0 Å². The Hall–Kier alpha value is -2.67. The molecule has 0 aliphatic carbocycles. The first kappa shape index (κ1) is 20.2. The first-order valence-corrected chi connectivity index (χ1v) is 12.1. The van der Waals surface area contributed by atoms with E-state index in [0.717, 1.165) is 42.8 Å².